The quantitative estimate of drug-likeness (QED) is 0.713. The zero-order valence-electron chi connectivity index (χ0n) is 12.6. The third-order valence-corrected chi connectivity index (χ3v) is 4.17. The topological polar surface area (TPSA) is 50.8 Å². The van der Waals surface area contributed by atoms with Gasteiger partial charge in [0, 0.05) is 39.3 Å². The third-order valence-electron chi connectivity index (χ3n) is 4.17. The molecule has 0 saturated carbocycles. The maximum Gasteiger partial charge on any atom is 0.219 e. The lowest BCUT2D eigenvalue weighted by Gasteiger charge is -2.31. The molecule has 1 unspecified atom stereocenters. The highest BCUT2D eigenvalue weighted by Gasteiger charge is 2.19. The lowest BCUT2D eigenvalue weighted by molar-refractivity contribution is -0.129. The van der Waals surface area contributed by atoms with E-state index in [0.717, 1.165) is 65.1 Å². The van der Waals surface area contributed by atoms with E-state index in [1.807, 2.05) is 4.90 Å². The Kier molecular flexibility index (Phi) is 6.76. The van der Waals surface area contributed by atoms with Crippen molar-refractivity contribution in [2.24, 2.45) is 0 Å². The lowest BCUT2D eigenvalue weighted by Crippen LogP contribution is -2.44. The lowest BCUT2D eigenvalue weighted by atomic mass is 10.1. The van der Waals surface area contributed by atoms with Crippen LogP contribution in [0.5, 0.6) is 0 Å². The summed E-state index contributed by atoms with van der Waals surface area (Å²) in [6.45, 7) is 6.88. The molecular formula is C15H28N2O3. The number of hydrogen-bond donors (Lipinski definition) is 1. The smallest absolute Gasteiger partial charge is 0.219 e. The van der Waals surface area contributed by atoms with Crippen molar-refractivity contribution in [3.05, 3.63) is 0 Å². The van der Waals surface area contributed by atoms with E-state index in [2.05, 4.69) is 5.32 Å². The zero-order valence-corrected chi connectivity index (χ0v) is 12.6. The van der Waals surface area contributed by atoms with Crippen LogP contribution >= 0.6 is 0 Å². The SMILES string of the molecule is CC(=O)N1CCC(NCCCOCC2CCCO2)CC1. The summed E-state index contributed by atoms with van der Waals surface area (Å²) in [5, 5.41) is 3.56. The van der Waals surface area contributed by atoms with Gasteiger partial charge >= 0.3 is 0 Å². The standard InChI is InChI=1S/C15H28N2O3/c1-13(18)17-8-5-14(6-9-17)16-7-3-10-19-12-15-4-2-11-20-15/h14-16H,2-12H2,1H3. The van der Waals surface area contributed by atoms with E-state index in [4.69, 9.17) is 9.47 Å². The molecule has 0 aromatic heterocycles. The summed E-state index contributed by atoms with van der Waals surface area (Å²) in [5.74, 6) is 0.200. The number of carbonyl (C=O) groups excluding carboxylic acids is 1. The zero-order chi connectivity index (χ0) is 14.2. The van der Waals surface area contributed by atoms with Crippen molar-refractivity contribution in [2.75, 3.05) is 39.5 Å². The first-order valence-corrected chi connectivity index (χ1v) is 7.94. The molecule has 2 aliphatic heterocycles. The number of hydrogen-bond acceptors (Lipinski definition) is 4. The van der Waals surface area contributed by atoms with Crippen molar-refractivity contribution in [1.29, 1.82) is 0 Å². The second kappa shape index (κ2) is 8.60. The van der Waals surface area contributed by atoms with Crippen molar-refractivity contribution in [3.8, 4) is 0 Å². The first kappa shape index (κ1) is 15.7. The fourth-order valence-corrected chi connectivity index (χ4v) is 2.87. The fraction of sp³-hybridized carbons (Fsp3) is 0.933. The molecule has 0 aromatic rings. The molecule has 0 radical (unpaired) electrons. The minimum atomic E-state index is 0.200. The predicted molar refractivity (Wildman–Crippen MR) is 77.7 cm³/mol. The molecule has 0 aliphatic carbocycles. The first-order valence-electron chi connectivity index (χ1n) is 7.94. The average molecular weight is 284 g/mol. The van der Waals surface area contributed by atoms with Gasteiger partial charge in [-0.3, -0.25) is 4.79 Å². The van der Waals surface area contributed by atoms with Crippen LogP contribution in [0.4, 0.5) is 0 Å². The molecule has 1 N–H and O–H groups in total. The van der Waals surface area contributed by atoms with Gasteiger partial charge in [-0.1, -0.05) is 0 Å². The number of ether oxygens (including phenoxy) is 2. The van der Waals surface area contributed by atoms with Crippen molar-refractivity contribution < 1.29 is 14.3 Å². The number of rotatable bonds is 7. The molecule has 20 heavy (non-hydrogen) atoms. The van der Waals surface area contributed by atoms with Gasteiger partial charge in [-0.15, -0.1) is 0 Å². The maximum atomic E-state index is 11.2. The highest BCUT2D eigenvalue weighted by molar-refractivity contribution is 5.73. The summed E-state index contributed by atoms with van der Waals surface area (Å²) < 4.78 is 11.1. The molecule has 116 valence electrons. The van der Waals surface area contributed by atoms with Gasteiger partial charge in [0.25, 0.3) is 0 Å². The highest BCUT2D eigenvalue weighted by Crippen LogP contribution is 2.12. The highest BCUT2D eigenvalue weighted by atomic mass is 16.5. The average Bonchev–Trinajstić information content (AvgIpc) is 2.96. The van der Waals surface area contributed by atoms with Gasteiger partial charge in [-0.2, -0.15) is 0 Å². The Morgan fingerprint density at radius 3 is 2.80 bits per heavy atom. The van der Waals surface area contributed by atoms with Gasteiger partial charge in [-0.25, -0.2) is 0 Å². The predicted octanol–water partition coefficient (Wildman–Crippen LogP) is 1.17. The van der Waals surface area contributed by atoms with Crippen LogP contribution in [0.2, 0.25) is 0 Å². The number of carbonyl (C=O) groups is 1. The minimum Gasteiger partial charge on any atom is -0.379 e. The molecule has 0 spiro atoms. The van der Waals surface area contributed by atoms with Crippen molar-refractivity contribution in [2.45, 2.75) is 51.2 Å². The van der Waals surface area contributed by atoms with E-state index in [-0.39, 0.29) is 5.91 Å². The minimum absolute atomic E-state index is 0.200. The molecule has 1 atom stereocenters. The summed E-state index contributed by atoms with van der Waals surface area (Å²) in [5.41, 5.74) is 0. The molecule has 5 nitrogen and oxygen atoms in total. The number of likely N-dealkylation sites (tertiary alicyclic amines) is 1. The van der Waals surface area contributed by atoms with Gasteiger partial charge < -0.3 is 19.7 Å². The first-order chi connectivity index (χ1) is 9.75. The van der Waals surface area contributed by atoms with Gasteiger partial charge in [0.05, 0.1) is 12.7 Å². The van der Waals surface area contributed by atoms with E-state index >= 15 is 0 Å². The van der Waals surface area contributed by atoms with Crippen LogP contribution in [0.3, 0.4) is 0 Å². The number of piperidine rings is 1. The van der Waals surface area contributed by atoms with E-state index in [1.54, 1.807) is 6.92 Å². The van der Waals surface area contributed by atoms with Crippen molar-refractivity contribution in [1.82, 2.24) is 10.2 Å². The van der Waals surface area contributed by atoms with Crippen LogP contribution < -0.4 is 5.32 Å². The van der Waals surface area contributed by atoms with Crippen LogP contribution in [0.15, 0.2) is 0 Å². The Bertz CT molecular complexity index is 285. The largest absolute Gasteiger partial charge is 0.379 e. The Balaban J connectivity index is 1.42. The Labute approximate surface area is 122 Å². The summed E-state index contributed by atoms with van der Waals surface area (Å²) in [6.07, 6.45) is 5.83. The maximum absolute atomic E-state index is 11.2. The molecular weight excluding hydrogens is 256 g/mol. The van der Waals surface area contributed by atoms with Crippen molar-refractivity contribution >= 4 is 5.91 Å². The van der Waals surface area contributed by atoms with Gasteiger partial charge in [0.1, 0.15) is 0 Å². The molecule has 5 heteroatoms. The summed E-state index contributed by atoms with van der Waals surface area (Å²) in [7, 11) is 0. The summed E-state index contributed by atoms with van der Waals surface area (Å²) in [6, 6.07) is 0.559. The van der Waals surface area contributed by atoms with Crippen LogP contribution in [-0.2, 0) is 14.3 Å². The molecule has 0 bridgehead atoms. The normalized spacial score (nSPS) is 24.2. The molecule has 0 aromatic carbocycles. The summed E-state index contributed by atoms with van der Waals surface area (Å²) in [4.78, 5) is 13.2. The molecule has 2 heterocycles. The van der Waals surface area contributed by atoms with E-state index in [9.17, 15) is 4.79 Å². The Morgan fingerprint density at radius 2 is 2.15 bits per heavy atom. The van der Waals surface area contributed by atoms with Gasteiger partial charge in [-0.05, 0) is 38.6 Å². The Hall–Kier alpha value is -0.650. The van der Waals surface area contributed by atoms with Gasteiger partial charge in [0.15, 0.2) is 0 Å². The van der Waals surface area contributed by atoms with E-state index in [1.165, 1.54) is 6.42 Å². The number of nitrogens with one attached hydrogen (secondary N) is 1. The van der Waals surface area contributed by atoms with E-state index in [0.29, 0.717) is 12.1 Å². The van der Waals surface area contributed by atoms with Crippen LogP contribution in [0, 0.1) is 0 Å². The van der Waals surface area contributed by atoms with Gasteiger partial charge in [0.2, 0.25) is 5.91 Å². The number of amides is 1. The molecule has 2 aliphatic rings. The Morgan fingerprint density at radius 1 is 1.35 bits per heavy atom. The van der Waals surface area contributed by atoms with Crippen LogP contribution in [-0.4, -0.2) is 62.4 Å². The number of nitrogens with zero attached hydrogens (tertiary/aromatic N) is 1. The van der Waals surface area contributed by atoms with E-state index < -0.39 is 0 Å². The molecule has 2 fully saturated rings. The third kappa shape index (κ3) is 5.38. The van der Waals surface area contributed by atoms with Crippen molar-refractivity contribution in [3.63, 3.8) is 0 Å². The molecule has 2 saturated heterocycles. The van der Waals surface area contributed by atoms with Crippen LogP contribution in [0.1, 0.15) is 39.0 Å². The second-order valence-electron chi connectivity index (χ2n) is 5.80. The summed E-state index contributed by atoms with van der Waals surface area (Å²) >= 11 is 0. The monoisotopic (exact) mass is 284 g/mol. The second-order valence-corrected chi connectivity index (χ2v) is 5.80. The molecule has 2 rings (SSSR count). The fourth-order valence-electron chi connectivity index (χ4n) is 2.87. The van der Waals surface area contributed by atoms with Crippen LogP contribution in [0.25, 0.3) is 0 Å². The molecule has 1 amide bonds.